The maximum atomic E-state index is 14.2. The highest BCUT2D eigenvalue weighted by Crippen LogP contribution is 2.26. The Morgan fingerprint density at radius 2 is 2.07 bits per heavy atom. The van der Waals surface area contributed by atoms with Gasteiger partial charge < -0.3 is 10.2 Å². The lowest BCUT2D eigenvalue weighted by molar-refractivity contribution is 0.0934. The van der Waals surface area contributed by atoms with E-state index in [0.717, 1.165) is 34.0 Å². The number of carbonyl (C=O) groups is 1. The molecule has 1 fully saturated rings. The van der Waals surface area contributed by atoms with Crippen LogP contribution in [0.15, 0.2) is 34.5 Å². The lowest BCUT2D eigenvalue weighted by Gasteiger charge is -2.35. The van der Waals surface area contributed by atoms with Crippen LogP contribution in [-0.2, 0) is 10.0 Å². The van der Waals surface area contributed by atoms with Gasteiger partial charge in [0.1, 0.15) is 15.6 Å². The van der Waals surface area contributed by atoms with E-state index >= 15 is 0 Å². The quantitative estimate of drug-likeness (QED) is 0.800. The summed E-state index contributed by atoms with van der Waals surface area (Å²) in [7, 11) is -0.822. The van der Waals surface area contributed by atoms with Crippen LogP contribution in [0.4, 0.5) is 10.1 Å². The van der Waals surface area contributed by atoms with Gasteiger partial charge in [-0.3, -0.25) is 4.79 Å². The van der Waals surface area contributed by atoms with Gasteiger partial charge in [-0.2, -0.15) is 0 Å². The number of rotatable bonds is 5. The largest absolute Gasteiger partial charge is 0.367 e. The Balaban J connectivity index is 1.75. The first-order valence-corrected chi connectivity index (χ1v) is 11.3. The molecule has 6 nitrogen and oxygen atoms in total. The van der Waals surface area contributed by atoms with Gasteiger partial charge in [0.15, 0.2) is 0 Å². The fourth-order valence-corrected chi connectivity index (χ4v) is 5.49. The maximum Gasteiger partial charge on any atom is 0.263 e. The van der Waals surface area contributed by atoms with Crippen LogP contribution in [0.1, 0.15) is 28.1 Å². The van der Waals surface area contributed by atoms with Crippen molar-refractivity contribution in [3.63, 3.8) is 0 Å². The molecule has 1 aliphatic rings. The highest BCUT2D eigenvalue weighted by atomic mass is 32.2. The van der Waals surface area contributed by atoms with Gasteiger partial charge in [-0.1, -0.05) is 6.07 Å². The van der Waals surface area contributed by atoms with Crippen LogP contribution in [-0.4, -0.2) is 51.9 Å². The molecular weight excluding hydrogens is 401 g/mol. The second-order valence-corrected chi connectivity index (χ2v) is 10.2. The second kappa shape index (κ2) is 8.18. The van der Waals surface area contributed by atoms with Crippen LogP contribution in [0.5, 0.6) is 0 Å². The number of anilines is 1. The predicted molar refractivity (Wildman–Crippen MR) is 109 cm³/mol. The van der Waals surface area contributed by atoms with Gasteiger partial charge in [0.05, 0.1) is 5.69 Å². The number of piperidine rings is 1. The minimum Gasteiger partial charge on any atom is -0.367 e. The summed E-state index contributed by atoms with van der Waals surface area (Å²) >= 11 is 1.10. The molecule has 2 heterocycles. The van der Waals surface area contributed by atoms with Crippen LogP contribution >= 0.6 is 11.3 Å². The Hall–Kier alpha value is -1.97. The number of thiophene rings is 1. The standard InChI is InChI=1S/C19H24FN3O3S2/c1-13-6-7-15(20)16(11-13)23-9-4-5-14(12-23)21-19(24)18-17(8-10-27-18)28(25,26)22(2)3/h6-8,10-11,14H,4-5,9,12H2,1-3H3,(H,21,24). The molecule has 0 radical (unpaired) electrons. The van der Waals surface area contributed by atoms with Crippen molar-refractivity contribution in [2.24, 2.45) is 0 Å². The van der Waals surface area contributed by atoms with Crippen LogP contribution < -0.4 is 10.2 Å². The predicted octanol–water partition coefficient (Wildman–Crippen LogP) is 2.84. The molecule has 1 amide bonds. The third kappa shape index (κ3) is 4.21. The monoisotopic (exact) mass is 425 g/mol. The van der Waals surface area contributed by atoms with Crippen molar-refractivity contribution in [2.45, 2.75) is 30.7 Å². The Labute approximate surface area is 169 Å². The Morgan fingerprint density at radius 1 is 1.32 bits per heavy atom. The van der Waals surface area contributed by atoms with Gasteiger partial charge in [0.2, 0.25) is 10.0 Å². The number of hydrogen-bond acceptors (Lipinski definition) is 5. The Morgan fingerprint density at radius 3 is 2.79 bits per heavy atom. The molecule has 0 bridgehead atoms. The zero-order chi connectivity index (χ0) is 20.5. The van der Waals surface area contributed by atoms with Crippen molar-refractivity contribution in [1.82, 2.24) is 9.62 Å². The van der Waals surface area contributed by atoms with Gasteiger partial charge in [-0.15, -0.1) is 11.3 Å². The summed E-state index contributed by atoms with van der Waals surface area (Å²) < 4.78 is 40.2. The van der Waals surface area contributed by atoms with Crippen molar-refractivity contribution in [1.29, 1.82) is 0 Å². The van der Waals surface area contributed by atoms with Crippen molar-refractivity contribution in [3.8, 4) is 0 Å². The molecule has 0 aliphatic carbocycles. The van der Waals surface area contributed by atoms with E-state index in [-0.39, 0.29) is 21.6 Å². The number of carbonyl (C=O) groups excluding carboxylic acids is 1. The molecule has 28 heavy (non-hydrogen) atoms. The fourth-order valence-electron chi connectivity index (χ4n) is 3.29. The molecular formula is C19H24FN3O3S2. The fraction of sp³-hybridized carbons (Fsp3) is 0.421. The number of nitrogens with zero attached hydrogens (tertiary/aromatic N) is 2. The normalized spacial score (nSPS) is 17.8. The first-order valence-electron chi connectivity index (χ1n) is 9.02. The molecule has 152 valence electrons. The smallest absolute Gasteiger partial charge is 0.263 e. The third-order valence-electron chi connectivity index (χ3n) is 4.79. The van der Waals surface area contributed by atoms with E-state index in [2.05, 4.69) is 5.32 Å². The Bertz CT molecular complexity index is 973. The number of aryl methyl sites for hydroxylation is 1. The summed E-state index contributed by atoms with van der Waals surface area (Å²) in [6, 6.07) is 6.26. The van der Waals surface area contributed by atoms with Gasteiger partial charge in [0, 0.05) is 33.2 Å². The summed E-state index contributed by atoms with van der Waals surface area (Å²) in [5, 5.41) is 4.53. The SMILES string of the molecule is Cc1ccc(F)c(N2CCCC(NC(=O)c3sccc3S(=O)(=O)N(C)C)C2)c1. The molecule has 1 aromatic carbocycles. The van der Waals surface area contributed by atoms with E-state index in [9.17, 15) is 17.6 Å². The molecule has 1 unspecified atom stereocenters. The average Bonchev–Trinajstić information content (AvgIpc) is 3.14. The molecule has 1 N–H and O–H groups in total. The van der Waals surface area contributed by atoms with Crippen LogP contribution in [0.2, 0.25) is 0 Å². The molecule has 3 rings (SSSR count). The van der Waals surface area contributed by atoms with Crippen LogP contribution in [0.25, 0.3) is 0 Å². The van der Waals surface area contributed by atoms with Crippen molar-refractivity contribution in [2.75, 3.05) is 32.1 Å². The van der Waals surface area contributed by atoms with E-state index < -0.39 is 15.9 Å². The lowest BCUT2D eigenvalue weighted by atomic mass is 10.0. The highest BCUT2D eigenvalue weighted by molar-refractivity contribution is 7.89. The van der Waals surface area contributed by atoms with Gasteiger partial charge >= 0.3 is 0 Å². The third-order valence-corrected chi connectivity index (χ3v) is 7.69. The van der Waals surface area contributed by atoms with Gasteiger partial charge in [-0.25, -0.2) is 17.1 Å². The average molecular weight is 426 g/mol. The number of nitrogens with one attached hydrogen (secondary N) is 1. The number of sulfonamides is 1. The number of hydrogen-bond donors (Lipinski definition) is 1. The van der Waals surface area contributed by atoms with Crippen LogP contribution in [0, 0.1) is 12.7 Å². The molecule has 1 aromatic heterocycles. The summed E-state index contributed by atoms with van der Waals surface area (Å²) in [6.07, 6.45) is 1.57. The van der Waals surface area contributed by atoms with E-state index in [0.29, 0.717) is 18.8 Å². The molecule has 1 atom stereocenters. The Kier molecular flexibility index (Phi) is 6.07. The molecule has 1 saturated heterocycles. The summed E-state index contributed by atoms with van der Waals surface area (Å²) in [5.41, 5.74) is 1.51. The zero-order valence-corrected chi connectivity index (χ0v) is 17.7. The molecule has 0 spiro atoms. The number of benzene rings is 1. The minimum absolute atomic E-state index is 0.0115. The minimum atomic E-state index is -3.69. The van der Waals surface area contributed by atoms with Gasteiger partial charge in [0.25, 0.3) is 5.91 Å². The molecule has 0 saturated carbocycles. The summed E-state index contributed by atoms with van der Waals surface area (Å²) in [4.78, 5) is 14.9. The maximum absolute atomic E-state index is 14.2. The van der Waals surface area contributed by atoms with E-state index in [1.807, 2.05) is 11.8 Å². The highest BCUT2D eigenvalue weighted by Gasteiger charge is 2.29. The van der Waals surface area contributed by atoms with Crippen molar-refractivity contribution >= 4 is 33.0 Å². The summed E-state index contributed by atoms with van der Waals surface area (Å²) in [6.45, 7) is 3.11. The zero-order valence-electron chi connectivity index (χ0n) is 16.1. The number of halogens is 1. The van der Waals surface area contributed by atoms with E-state index in [1.54, 1.807) is 17.5 Å². The van der Waals surface area contributed by atoms with E-state index in [1.165, 1.54) is 26.2 Å². The molecule has 9 heteroatoms. The van der Waals surface area contributed by atoms with Gasteiger partial charge in [-0.05, 0) is 48.9 Å². The number of amides is 1. The van der Waals surface area contributed by atoms with E-state index in [4.69, 9.17) is 0 Å². The van der Waals surface area contributed by atoms with Crippen LogP contribution in [0.3, 0.4) is 0 Å². The topological polar surface area (TPSA) is 69.7 Å². The molecule has 2 aromatic rings. The summed E-state index contributed by atoms with van der Waals surface area (Å²) in [5.74, 6) is -0.692. The first-order chi connectivity index (χ1) is 13.2. The van der Waals surface area contributed by atoms with Crippen molar-refractivity contribution in [3.05, 3.63) is 45.9 Å². The molecule has 1 aliphatic heterocycles. The second-order valence-electron chi connectivity index (χ2n) is 7.11. The lowest BCUT2D eigenvalue weighted by Crippen LogP contribution is -2.48. The first kappa shape index (κ1) is 20.8. The van der Waals surface area contributed by atoms with Crippen molar-refractivity contribution < 1.29 is 17.6 Å².